The number of carbonyl (C=O) groups excluding carboxylic acids is 1. The number of likely N-dealkylation sites (N-methyl/N-ethyl adjacent to an activating group) is 1. The second kappa shape index (κ2) is 6.37. The highest BCUT2D eigenvalue weighted by Gasteiger charge is 2.21. The zero-order valence-electron chi connectivity index (χ0n) is 12.6. The molecule has 0 aliphatic heterocycles. The lowest BCUT2D eigenvalue weighted by molar-refractivity contribution is 0.0695. The lowest BCUT2D eigenvalue weighted by Gasteiger charge is -2.28. The van der Waals surface area contributed by atoms with Gasteiger partial charge in [0.15, 0.2) is 0 Å². The molecule has 0 atom stereocenters. The number of benzene rings is 1. The molecule has 0 saturated carbocycles. The van der Waals surface area contributed by atoms with E-state index in [0.29, 0.717) is 0 Å². The molecule has 0 aliphatic carbocycles. The lowest BCUT2D eigenvalue weighted by atomic mass is 10.1. The van der Waals surface area contributed by atoms with Gasteiger partial charge in [0.25, 0.3) is 5.91 Å². The van der Waals surface area contributed by atoms with Crippen molar-refractivity contribution in [3.63, 3.8) is 0 Å². The molecule has 1 amide bonds. The van der Waals surface area contributed by atoms with Gasteiger partial charge < -0.3 is 9.80 Å². The molecule has 0 N–H and O–H groups in total. The minimum atomic E-state index is 0.138. The Hall–Kier alpha value is -1.39. The van der Waals surface area contributed by atoms with Crippen LogP contribution in [0.25, 0.3) is 10.1 Å². The quantitative estimate of drug-likeness (QED) is 0.843. The summed E-state index contributed by atoms with van der Waals surface area (Å²) in [6.07, 6.45) is 0. The molecule has 1 heterocycles. The summed E-state index contributed by atoms with van der Waals surface area (Å²) in [4.78, 5) is 16.8. The van der Waals surface area contributed by atoms with Crippen molar-refractivity contribution in [3.05, 3.63) is 35.2 Å². The van der Waals surface area contributed by atoms with Crippen LogP contribution in [0, 0.1) is 0 Å². The van der Waals surface area contributed by atoms with Crippen molar-refractivity contribution in [2.45, 2.75) is 19.9 Å². The normalized spacial score (nSPS) is 11.5. The summed E-state index contributed by atoms with van der Waals surface area (Å²) in [7, 11) is 4.06. The van der Waals surface area contributed by atoms with Crippen LogP contribution in [0.5, 0.6) is 0 Å². The average molecular weight is 290 g/mol. The Balaban J connectivity index is 2.27. The largest absolute Gasteiger partial charge is 0.335 e. The molecule has 1 aromatic carbocycles. The summed E-state index contributed by atoms with van der Waals surface area (Å²) in [5, 5.41) is 3.05. The number of hydrogen-bond donors (Lipinski definition) is 0. The highest BCUT2D eigenvalue weighted by atomic mass is 32.1. The maximum absolute atomic E-state index is 12.8. The van der Waals surface area contributed by atoms with E-state index < -0.39 is 0 Å². The third kappa shape index (κ3) is 3.19. The number of nitrogens with zero attached hydrogens (tertiary/aromatic N) is 2. The molecule has 2 rings (SSSR count). The van der Waals surface area contributed by atoms with Crippen LogP contribution in [-0.4, -0.2) is 48.9 Å². The van der Waals surface area contributed by atoms with Gasteiger partial charge in [0, 0.05) is 34.6 Å². The van der Waals surface area contributed by atoms with E-state index in [-0.39, 0.29) is 11.9 Å². The monoisotopic (exact) mass is 290 g/mol. The Labute approximate surface area is 124 Å². The fourth-order valence-corrected chi connectivity index (χ4v) is 3.13. The fourth-order valence-electron chi connectivity index (χ4n) is 2.20. The molecule has 1 aromatic heterocycles. The number of fused-ring (bicyclic) bond motifs is 1. The highest BCUT2D eigenvalue weighted by Crippen LogP contribution is 2.27. The van der Waals surface area contributed by atoms with Crippen molar-refractivity contribution >= 4 is 27.3 Å². The van der Waals surface area contributed by atoms with Crippen LogP contribution in [0.2, 0.25) is 0 Å². The molecule has 0 spiro atoms. The van der Waals surface area contributed by atoms with E-state index in [1.807, 2.05) is 42.6 Å². The smallest absolute Gasteiger partial charge is 0.255 e. The minimum absolute atomic E-state index is 0.138. The third-order valence-corrected chi connectivity index (χ3v) is 4.35. The molecule has 108 valence electrons. The number of hydrogen-bond acceptors (Lipinski definition) is 3. The lowest BCUT2D eigenvalue weighted by Crippen LogP contribution is -2.41. The first-order chi connectivity index (χ1) is 9.50. The Bertz CT molecular complexity index is 589. The summed E-state index contributed by atoms with van der Waals surface area (Å²) in [6.45, 7) is 5.78. The fraction of sp³-hybridized carbons (Fsp3) is 0.438. The van der Waals surface area contributed by atoms with Gasteiger partial charge in [-0.2, -0.15) is 0 Å². The zero-order valence-corrected chi connectivity index (χ0v) is 13.4. The summed E-state index contributed by atoms with van der Waals surface area (Å²) in [6, 6.07) is 8.31. The molecule has 0 unspecified atom stereocenters. The predicted molar refractivity (Wildman–Crippen MR) is 86.6 cm³/mol. The first-order valence-electron chi connectivity index (χ1n) is 6.92. The van der Waals surface area contributed by atoms with Crippen molar-refractivity contribution in [1.29, 1.82) is 0 Å². The first-order valence-corrected chi connectivity index (χ1v) is 7.80. The minimum Gasteiger partial charge on any atom is -0.335 e. The van der Waals surface area contributed by atoms with Gasteiger partial charge in [-0.1, -0.05) is 18.2 Å². The second-order valence-electron chi connectivity index (χ2n) is 5.54. The molecule has 0 aliphatic rings. The number of amides is 1. The number of carbonyl (C=O) groups is 1. The van der Waals surface area contributed by atoms with Crippen LogP contribution >= 0.6 is 11.3 Å². The standard InChI is InChI=1S/C16H22N2OS/c1-12(2)18(10-9-17(3)4)16(19)14-11-20-15-8-6-5-7-13(14)15/h5-8,11-12H,9-10H2,1-4H3. The Kier molecular flexibility index (Phi) is 4.78. The molecule has 3 nitrogen and oxygen atoms in total. The number of rotatable bonds is 5. The van der Waals surface area contributed by atoms with Gasteiger partial charge in [-0.3, -0.25) is 4.79 Å². The van der Waals surface area contributed by atoms with Crippen LogP contribution in [0.15, 0.2) is 29.6 Å². The Morgan fingerprint density at radius 3 is 2.55 bits per heavy atom. The van der Waals surface area contributed by atoms with E-state index in [0.717, 1.165) is 24.0 Å². The molecule has 0 fully saturated rings. The average Bonchev–Trinajstić information content (AvgIpc) is 2.81. The van der Waals surface area contributed by atoms with Crippen LogP contribution < -0.4 is 0 Å². The maximum Gasteiger partial charge on any atom is 0.255 e. The van der Waals surface area contributed by atoms with Gasteiger partial charge in [0.1, 0.15) is 0 Å². The van der Waals surface area contributed by atoms with E-state index >= 15 is 0 Å². The van der Waals surface area contributed by atoms with Crippen LogP contribution in [0.1, 0.15) is 24.2 Å². The van der Waals surface area contributed by atoms with Gasteiger partial charge in [0.05, 0.1) is 5.56 Å². The second-order valence-corrected chi connectivity index (χ2v) is 6.45. The predicted octanol–water partition coefficient (Wildman–Crippen LogP) is 3.31. The first kappa shape index (κ1) is 15.0. The topological polar surface area (TPSA) is 23.6 Å². The van der Waals surface area contributed by atoms with Gasteiger partial charge in [0.2, 0.25) is 0 Å². The van der Waals surface area contributed by atoms with Gasteiger partial charge in [-0.15, -0.1) is 11.3 Å². The van der Waals surface area contributed by atoms with E-state index in [2.05, 4.69) is 24.8 Å². The molecular weight excluding hydrogens is 268 g/mol. The van der Waals surface area contributed by atoms with Crippen molar-refractivity contribution in [2.24, 2.45) is 0 Å². The molecule has 0 saturated heterocycles. The van der Waals surface area contributed by atoms with Crippen LogP contribution in [0.3, 0.4) is 0 Å². The number of thiophene rings is 1. The summed E-state index contributed by atoms with van der Waals surface area (Å²) in [5.41, 5.74) is 0.832. The summed E-state index contributed by atoms with van der Waals surface area (Å²) >= 11 is 1.64. The van der Waals surface area contributed by atoms with Gasteiger partial charge >= 0.3 is 0 Å². The maximum atomic E-state index is 12.8. The van der Waals surface area contributed by atoms with E-state index in [1.54, 1.807) is 11.3 Å². The van der Waals surface area contributed by atoms with E-state index in [9.17, 15) is 4.79 Å². The van der Waals surface area contributed by atoms with Crippen molar-refractivity contribution in [3.8, 4) is 0 Å². The van der Waals surface area contributed by atoms with Gasteiger partial charge in [-0.05, 0) is 34.0 Å². The van der Waals surface area contributed by atoms with Crippen LogP contribution in [-0.2, 0) is 0 Å². The molecule has 0 bridgehead atoms. The van der Waals surface area contributed by atoms with Crippen molar-refractivity contribution in [2.75, 3.05) is 27.2 Å². The molecule has 2 aromatic rings. The SMILES string of the molecule is CC(C)N(CCN(C)C)C(=O)c1csc2ccccc12. The summed E-state index contributed by atoms with van der Waals surface area (Å²) < 4.78 is 1.17. The van der Waals surface area contributed by atoms with E-state index in [4.69, 9.17) is 0 Å². The summed E-state index contributed by atoms with van der Waals surface area (Å²) in [5.74, 6) is 0.138. The van der Waals surface area contributed by atoms with Crippen molar-refractivity contribution in [1.82, 2.24) is 9.80 Å². The highest BCUT2D eigenvalue weighted by molar-refractivity contribution is 7.17. The van der Waals surface area contributed by atoms with Gasteiger partial charge in [-0.25, -0.2) is 0 Å². The molecular formula is C16H22N2OS. The van der Waals surface area contributed by atoms with Crippen molar-refractivity contribution < 1.29 is 4.79 Å². The third-order valence-electron chi connectivity index (χ3n) is 3.38. The Morgan fingerprint density at radius 1 is 1.20 bits per heavy atom. The molecule has 20 heavy (non-hydrogen) atoms. The van der Waals surface area contributed by atoms with E-state index in [1.165, 1.54) is 4.70 Å². The molecule has 4 heteroatoms. The Morgan fingerprint density at radius 2 is 1.90 bits per heavy atom. The van der Waals surface area contributed by atoms with Crippen LogP contribution in [0.4, 0.5) is 0 Å². The zero-order chi connectivity index (χ0) is 14.7. The molecule has 0 radical (unpaired) electrons.